The molecule has 5 nitrogen and oxygen atoms in total. The van der Waals surface area contributed by atoms with Gasteiger partial charge < -0.3 is 5.32 Å². The highest BCUT2D eigenvalue weighted by molar-refractivity contribution is 9.10. The topological polar surface area (TPSA) is 75.3 Å². The van der Waals surface area contributed by atoms with Gasteiger partial charge in [0.15, 0.2) is 0 Å². The second kappa shape index (κ2) is 8.34. The predicted molar refractivity (Wildman–Crippen MR) is 116 cm³/mol. The highest BCUT2D eigenvalue weighted by atomic mass is 79.9. The number of aryl methyl sites for hydroxylation is 1. The van der Waals surface area contributed by atoms with Crippen LogP contribution in [-0.2, 0) is 10.0 Å². The van der Waals surface area contributed by atoms with E-state index >= 15 is 0 Å². The molecule has 0 atom stereocenters. The third-order valence-corrected chi connectivity index (χ3v) is 6.16. The van der Waals surface area contributed by atoms with E-state index in [9.17, 15) is 13.2 Å². The minimum atomic E-state index is -3.73. The van der Waals surface area contributed by atoms with E-state index in [-0.39, 0.29) is 4.90 Å². The van der Waals surface area contributed by atoms with Gasteiger partial charge in [-0.1, -0.05) is 51.8 Å². The Morgan fingerprint density at radius 1 is 1.00 bits per heavy atom. The molecule has 8 heteroatoms. The van der Waals surface area contributed by atoms with E-state index in [2.05, 4.69) is 26.0 Å². The Morgan fingerprint density at radius 3 is 2.39 bits per heavy atom. The Bertz CT molecular complexity index is 1140. The van der Waals surface area contributed by atoms with Gasteiger partial charge in [-0.05, 0) is 55.0 Å². The van der Waals surface area contributed by atoms with E-state index in [4.69, 9.17) is 11.6 Å². The van der Waals surface area contributed by atoms with Crippen LogP contribution in [0.2, 0.25) is 5.02 Å². The summed E-state index contributed by atoms with van der Waals surface area (Å²) in [6.07, 6.45) is 0. The summed E-state index contributed by atoms with van der Waals surface area (Å²) in [6.45, 7) is 1.78. The van der Waals surface area contributed by atoms with E-state index in [1.165, 1.54) is 12.1 Å². The molecule has 0 aromatic heterocycles. The number of carbonyl (C=O) groups is 1. The quantitative estimate of drug-likeness (QED) is 0.510. The molecule has 28 heavy (non-hydrogen) atoms. The van der Waals surface area contributed by atoms with Gasteiger partial charge in [0.25, 0.3) is 15.9 Å². The zero-order chi connectivity index (χ0) is 20.3. The molecule has 3 aromatic carbocycles. The van der Waals surface area contributed by atoms with Gasteiger partial charge in [-0.3, -0.25) is 9.52 Å². The maximum absolute atomic E-state index is 12.6. The third kappa shape index (κ3) is 4.73. The van der Waals surface area contributed by atoms with Crippen LogP contribution < -0.4 is 10.0 Å². The molecule has 0 heterocycles. The minimum Gasteiger partial charge on any atom is -0.322 e. The summed E-state index contributed by atoms with van der Waals surface area (Å²) in [6, 6.07) is 18.0. The number of anilines is 2. The van der Waals surface area contributed by atoms with Gasteiger partial charge in [-0.15, -0.1) is 0 Å². The fraction of sp³-hybridized carbons (Fsp3) is 0.0500. The molecule has 0 fully saturated rings. The van der Waals surface area contributed by atoms with Crippen molar-refractivity contribution in [2.75, 3.05) is 10.0 Å². The fourth-order valence-electron chi connectivity index (χ4n) is 2.49. The predicted octanol–water partition coefficient (Wildman–Crippen LogP) is 5.46. The van der Waals surface area contributed by atoms with Gasteiger partial charge in [0, 0.05) is 10.2 Å². The van der Waals surface area contributed by atoms with Gasteiger partial charge in [-0.25, -0.2) is 8.42 Å². The maximum atomic E-state index is 12.6. The number of nitrogens with one attached hydrogen (secondary N) is 2. The zero-order valence-corrected chi connectivity index (χ0v) is 17.9. The van der Waals surface area contributed by atoms with Crippen LogP contribution in [0.3, 0.4) is 0 Å². The monoisotopic (exact) mass is 478 g/mol. The van der Waals surface area contributed by atoms with Crippen molar-refractivity contribution in [1.29, 1.82) is 0 Å². The smallest absolute Gasteiger partial charge is 0.261 e. The van der Waals surface area contributed by atoms with E-state index < -0.39 is 15.9 Å². The number of halogens is 2. The summed E-state index contributed by atoms with van der Waals surface area (Å²) in [4.78, 5) is 12.7. The first kappa shape index (κ1) is 20.4. The van der Waals surface area contributed by atoms with Crippen molar-refractivity contribution in [3.63, 3.8) is 0 Å². The standard InChI is InChI=1S/C20H16BrClN2O3S/c1-13-7-9-15(23-20(25)17-10-8-14(21)11-18(17)22)12-19(13)24-28(26,27)16-5-3-2-4-6-16/h2-12,24H,1H3,(H,23,25). The number of sulfonamides is 1. The van der Waals surface area contributed by atoms with Crippen molar-refractivity contribution in [1.82, 2.24) is 0 Å². The van der Waals surface area contributed by atoms with Crippen molar-refractivity contribution in [2.24, 2.45) is 0 Å². The lowest BCUT2D eigenvalue weighted by molar-refractivity contribution is 0.102. The van der Waals surface area contributed by atoms with Crippen molar-refractivity contribution >= 4 is 54.8 Å². The van der Waals surface area contributed by atoms with Gasteiger partial charge in [-0.2, -0.15) is 0 Å². The molecular weight excluding hydrogens is 464 g/mol. The zero-order valence-electron chi connectivity index (χ0n) is 14.7. The highest BCUT2D eigenvalue weighted by Crippen LogP contribution is 2.26. The van der Waals surface area contributed by atoms with Crippen molar-refractivity contribution in [3.8, 4) is 0 Å². The molecular formula is C20H16BrClN2O3S. The molecule has 0 bridgehead atoms. The van der Waals surface area contributed by atoms with E-state index in [0.29, 0.717) is 22.0 Å². The molecule has 3 rings (SSSR count). The lowest BCUT2D eigenvalue weighted by atomic mass is 10.1. The molecule has 0 unspecified atom stereocenters. The van der Waals surface area contributed by atoms with Crippen LogP contribution in [0.15, 0.2) is 76.1 Å². The van der Waals surface area contributed by atoms with Crippen LogP contribution in [-0.4, -0.2) is 14.3 Å². The van der Waals surface area contributed by atoms with Crippen molar-refractivity contribution in [3.05, 3.63) is 87.4 Å². The van der Waals surface area contributed by atoms with Gasteiger partial charge in [0.1, 0.15) is 0 Å². The van der Waals surface area contributed by atoms with Crippen LogP contribution in [0.4, 0.5) is 11.4 Å². The number of amides is 1. The number of hydrogen-bond donors (Lipinski definition) is 2. The van der Waals surface area contributed by atoms with Crippen LogP contribution in [0.1, 0.15) is 15.9 Å². The maximum Gasteiger partial charge on any atom is 0.261 e. The molecule has 3 aromatic rings. The molecule has 0 saturated carbocycles. The van der Waals surface area contributed by atoms with E-state index in [0.717, 1.165) is 10.0 Å². The average Bonchev–Trinajstić information content (AvgIpc) is 2.65. The molecule has 0 aliphatic heterocycles. The Balaban J connectivity index is 1.84. The average molecular weight is 480 g/mol. The summed E-state index contributed by atoms with van der Waals surface area (Å²) < 4.78 is 28.5. The molecule has 0 aliphatic carbocycles. The summed E-state index contributed by atoms with van der Waals surface area (Å²) in [5, 5.41) is 3.05. The number of carbonyl (C=O) groups excluding carboxylic acids is 1. The molecule has 2 N–H and O–H groups in total. The number of hydrogen-bond acceptors (Lipinski definition) is 3. The SMILES string of the molecule is Cc1ccc(NC(=O)c2ccc(Br)cc2Cl)cc1NS(=O)(=O)c1ccccc1. The summed E-state index contributed by atoms with van der Waals surface area (Å²) in [7, 11) is -3.73. The van der Waals surface area contributed by atoms with Crippen molar-refractivity contribution < 1.29 is 13.2 Å². The first-order valence-electron chi connectivity index (χ1n) is 8.21. The fourth-order valence-corrected chi connectivity index (χ4v) is 4.39. The summed E-state index contributed by atoms with van der Waals surface area (Å²) in [5.41, 5.74) is 1.86. The third-order valence-electron chi connectivity index (χ3n) is 3.97. The molecule has 144 valence electrons. The van der Waals surface area contributed by atoms with Crippen LogP contribution in [0.25, 0.3) is 0 Å². The highest BCUT2D eigenvalue weighted by Gasteiger charge is 2.16. The number of rotatable bonds is 5. The molecule has 0 saturated heterocycles. The Labute approximate surface area is 176 Å². The first-order chi connectivity index (χ1) is 13.3. The van der Waals surface area contributed by atoms with Gasteiger partial charge >= 0.3 is 0 Å². The van der Waals surface area contributed by atoms with Gasteiger partial charge in [0.2, 0.25) is 0 Å². The second-order valence-electron chi connectivity index (χ2n) is 6.03. The Hall–Kier alpha value is -2.35. The van der Waals surface area contributed by atoms with Gasteiger partial charge in [0.05, 0.1) is 21.2 Å². The summed E-state index contributed by atoms with van der Waals surface area (Å²) >= 11 is 9.42. The van der Waals surface area contributed by atoms with Crippen molar-refractivity contribution in [2.45, 2.75) is 11.8 Å². The second-order valence-corrected chi connectivity index (χ2v) is 9.03. The first-order valence-corrected chi connectivity index (χ1v) is 10.9. The van der Waals surface area contributed by atoms with E-state index in [1.807, 2.05) is 0 Å². The minimum absolute atomic E-state index is 0.158. The summed E-state index contributed by atoms with van der Waals surface area (Å²) in [5.74, 6) is -0.391. The van der Waals surface area contributed by atoms with Crippen LogP contribution in [0, 0.1) is 6.92 Å². The van der Waals surface area contributed by atoms with Crippen LogP contribution in [0.5, 0.6) is 0 Å². The lowest BCUT2D eigenvalue weighted by Crippen LogP contribution is -2.15. The normalized spacial score (nSPS) is 11.1. The Kier molecular flexibility index (Phi) is 6.07. The number of benzene rings is 3. The molecule has 0 radical (unpaired) electrons. The largest absolute Gasteiger partial charge is 0.322 e. The lowest BCUT2D eigenvalue weighted by Gasteiger charge is -2.13. The Morgan fingerprint density at radius 2 is 1.71 bits per heavy atom. The van der Waals surface area contributed by atoms with E-state index in [1.54, 1.807) is 61.5 Å². The molecule has 0 spiro atoms. The van der Waals surface area contributed by atoms with Crippen LogP contribution >= 0.6 is 27.5 Å². The molecule has 1 amide bonds. The molecule has 0 aliphatic rings.